The van der Waals surface area contributed by atoms with E-state index in [2.05, 4.69) is 5.10 Å². The zero-order valence-electron chi connectivity index (χ0n) is 16.9. The van der Waals surface area contributed by atoms with Gasteiger partial charge in [-0.15, -0.1) is 0 Å². The SMILES string of the molecule is COC(=O)c1cc(-c2cnn(C)c2)nc(N2CCC(O)(c3ccc(F)cc3)CC2)c1. The first kappa shape index (κ1) is 20.0. The second kappa shape index (κ2) is 7.87. The standard InChI is InChI=1S/C22H23FN4O3/c1-26-14-16(13-24-26)19-11-15(21(28)30-2)12-20(25-19)27-9-7-22(29,8-10-27)17-3-5-18(23)6-4-17/h3-6,11-14,29H,7-10H2,1-2H3. The van der Waals surface area contributed by atoms with Crippen molar-refractivity contribution in [2.45, 2.75) is 18.4 Å². The third kappa shape index (κ3) is 3.91. The Hall–Kier alpha value is -3.26. The maximum Gasteiger partial charge on any atom is 0.338 e. The first-order valence-corrected chi connectivity index (χ1v) is 9.71. The van der Waals surface area contributed by atoms with Gasteiger partial charge in [-0.3, -0.25) is 4.68 Å². The van der Waals surface area contributed by atoms with Gasteiger partial charge >= 0.3 is 5.97 Å². The van der Waals surface area contributed by atoms with Crippen LogP contribution in [0.15, 0.2) is 48.8 Å². The van der Waals surface area contributed by atoms with Gasteiger partial charge in [-0.2, -0.15) is 5.10 Å². The number of anilines is 1. The Morgan fingerprint density at radius 2 is 1.90 bits per heavy atom. The van der Waals surface area contributed by atoms with E-state index in [-0.39, 0.29) is 5.82 Å². The summed E-state index contributed by atoms with van der Waals surface area (Å²) in [5.41, 5.74) is 1.51. The van der Waals surface area contributed by atoms with Crippen LogP contribution in [0.3, 0.4) is 0 Å². The number of aliphatic hydroxyl groups is 1. The van der Waals surface area contributed by atoms with Gasteiger partial charge < -0.3 is 14.7 Å². The van der Waals surface area contributed by atoms with E-state index in [4.69, 9.17) is 9.72 Å². The number of halogens is 1. The number of hydrogen-bond acceptors (Lipinski definition) is 6. The molecule has 1 aromatic carbocycles. The number of piperidine rings is 1. The monoisotopic (exact) mass is 410 g/mol. The summed E-state index contributed by atoms with van der Waals surface area (Å²) in [4.78, 5) is 18.9. The highest BCUT2D eigenvalue weighted by molar-refractivity contribution is 5.91. The van der Waals surface area contributed by atoms with Gasteiger partial charge in [0.2, 0.25) is 0 Å². The van der Waals surface area contributed by atoms with Crippen LogP contribution in [0.2, 0.25) is 0 Å². The summed E-state index contributed by atoms with van der Waals surface area (Å²) in [5.74, 6) is -0.131. The zero-order valence-corrected chi connectivity index (χ0v) is 16.9. The molecule has 1 aliphatic heterocycles. The van der Waals surface area contributed by atoms with Crippen molar-refractivity contribution >= 4 is 11.8 Å². The fraction of sp³-hybridized carbons (Fsp3) is 0.318. The number of benzene rings is 1. The highest BCUT2D eigenvalue weighted by atomic mass is 19.1. The van der Waals surface area contributed by atoms with E-state index in [0.29, 0.717) is 48.6 Å². The lowest BCUT2D eigenvalue weighted by molar-refractivity contribution is 0.0116. The number of hydrogen-bond donors (Lipinski definition) is 1. The van der Waals surface area contributed by atoms with E-state index in [0.717, 1.165) is 5.56 Å². The van der Waals surface area contributed by atoms with E-state index >= 15 is 0 Å². The summed E-state index contributed by atoms with van der Waals surface area (Å²) in [5, 5.41) is 15.2. The van der Waals surface area contributed by atoms with Gasteiger partial charge in [0.1, 0.15) is 11.6 Å². The minimum absolute atomic E-state index is 0.327. The predicted octanol–water partition coefficient (Wildman–Crippen LogP) is 2.90. The lowest BCUT2D eigenvalue weighted by Crippen LogP contribution is -2.43. The van der Waals surface area contributed by atoms with Crippen molar-refractivity contribution in [2.75, 3.05) is 25.1 Å². The van der Waals surface area contributed by atoms with Crippen molar-refractivity contribution in [3.8, 4) is 11.3 Å². The topological polar surface area (TPSA) is 80.5 Å². The molecule has 0 unspecified atom stereocenters. The van der Waals surface area contributed by atoms with Crippen molar-refractivity contribution in [3.05, 3.63) is 65.7 Å². The van der Waals surface area contributed by atoms with Crippen LogP contribution < -0.4 is 4.90 Å². The molecule has 4 rings (SSSR count). The van der Waals surface area contributed by atoms with Crippen LogP contribution in [0.5, 0.6) is 0 Å². The van der Waals surface area contributed by atoms with Crippen LogP contribution in [-0.4, -0.2) is 46.0 Å². The number of rotatable bonds is 4. The molecule has 0 amide bonds. The van der Waals surface area contributed by atoms with Gasteiger partial charge in [0.05, 0.1) is 30.2 Å². The van der Waals surface area contributed by atoms with Crippen molar-refractivity contribution in [1.29, 1.82) is 0 Å². The molecular weight excluding hydrogens is 387 g/mol. The highest BCUT2D eigenvalue weighted by Crippen LogP contribution is 2.35. The van der Waals surface area contributed by atoms with E-state index in [1.165, 1.54) is 19.2 Å². The molecule has 0 aliphatic carbocycles. The largest absolute Gasteiger partial charge is 0.465 e. The summed E-state index contributed by atoms with van der Waals surface area (Å²) in [7, 11) is 3.16. The van der Waals surface area contributed by atoms with Gasteiger partial charge in [-0.05, 0) is 42.7 Å². The number of nitrogens with zero attached hydrogens (tertiary/aromatic N) is 4. The number of carbonyl (C=O) groups excluding carboxylic acids is 1. The van der Waals surface area contributed by atoms with Gasteiger partial charge in [-0.1, -0.05) is 12.1 Å². The van der Waals surface area contributed by atoms with E-state index in [1.54, 1.807) is 35.1 Å². The molecule has 0 atom stereocenters. The van der Waals surface area contributed by atoms with Crippen molar-refractivity contribution in [1.82, 2.24) is 14.8 Å². The molecule has 156 valence electrons. The number of carbonyl (C=O) groups is 1. The molecule has 1 fully saturated rings. The maximum atomic E-state index is 13.2. The van der Waals surface area contributed by atoms with Crippen LogP contribution in [0.25, 0.3) is 11.3 Å². The Balaban J connectivity index is 1.61. The zero-order chi connectivity index (χ0) is 21.3. The number of aryl methyl sites for hydroxylation is 1. The fourth-order valence-corrected chi connectivity index (χ4v) is 3.77. The molecule has 8 heteroatoms. The second-order valence-corrected chi connectivity index (χ2v) is 7.52. The number of pyridine rings is 1. The smallest absolute Gasteiger partial charge is 0.338 e. The van der Waals surface area contributed by atoms with Crippen LogP contribution in [0, 0.1) is 5.82 Å². The maximum absolute atomic E-state index is 13.2. The summed E-state index contributed by atoms with van der Waals surface area (Å²) in [6.07, 6.45) is 4.45. The summed E-state index contributed by atoms with van der Waals surface area (Å²) >= 11 is 0. The minimum atomic E-state index is -1.02. The average molecular weight is 410 g/mol. The number of methoxy groups -OCH3 is 1. The van der Waals surface area contributed by atoms with E-state index < -0.39 is 11.6 Å². The Kier molecular flexibility index (Phi) is 5.26. The molecule has 2 aromatic heterocycles. The fourth-order valence-electron chi connectivity index (χ4n) is 3.77. The molecule has 1 saturated heterocycles. The Labute approximate surface area is 173 Å². The van der Waals surface area contributed by atoms with Crippen LogP contribution in [-0.2, 0) is 17.4 Å². The van der Waals surface area contributed by atoms with Crippen molar-refractivity contribution < 1.29 is 19.0 Å². The molecule has 0 bridgehead atoms. The second-order valence-electron chi connectivity index (χ2n) is 7.52. The Bertz CT molecular complexity index is 1060. The quantitative estimate of drug-likeness (QED) is 0.667. The van der Waals surface area contributed by atoms with Gasteiger partial charge in [0.25, 0.3) is 0 Å². The molecule has 0 radical (unpaired) electrons. The molecule has 1 aliphatic rings. The normalized spacial score (nSPS) is 15.8. The molecule has 0 saturated carbocycles. The Morgan fingerprint density at radius 3 is 2.50 bits per heavy atom. The first-order chi connectivity index (χ1) is 14.4. The summed E-state index contributed by atoms with van der Waals surface area (Å²) < 4.78 is 19.8. The molecule has 30 heavy (non-hydrogen) atoms. The van der Waals surface area contributed by atoms with Crippen molar-refractivity contribution in [3.63, 3.8) is 0 Å². The molecule has 3 heterocycles. The minimum Gasteiger partial charge on any atom is -0.465 e. The lowest BCUT2D eigenvalue weighted by Gasteiger charge is -2.39. The van der Waals surface area contributed by atoms with Crippen LogP contribution in [0.4, 0.5) is 10.2 Å². The first-order valence-electron chi connectivity index (χ1n) is 9.71. The molecular formula is C22H23FN4O3. The van der Waals surface area contributed by atoms with Crippen LogP contribution >= 0.6 is 0 Å². The molecule has 3 aromatic rings. The summed E-state index contributed by atoms with van der Waals surface area (Å²) in [6, 6.07) is 9.37. The molecule has 0 spiro atoms. The van der Waals surface area contributed by atoms with Gasteiger partial charge in [0, 0.05) is 31.9 Å². The molecule has 1 N–H and O–H groups in total. The Morgan fingerprint density at radius 1 is 1.20 bits per heavy atom. The highest BCUT2D eigenvalue weighted by Gasteiger charge is 2.34. The number of ether oxygens (including phenoxy) is 1. The predicted molar refractivity (Wildman–Crippen MR) is 110 cm³/mol. The molecule has 7 nitrogen and oxygen atoms in total. The average Bonchev–Trinajstić information content (AvgIpc) is 3.20. The van der Waals surface area contributed by atoms with E-state index in [9.17, 15) is 14.3 Å². The lowest BCUT2D eigenvalue weighted by atomic mass is 9.84. The summed E-state index contributed by atoms with van der Waals surface area (Å²) in [6.45, 7) is 1.08. The number of aromatic nitrogens is 3. The van der Waals surface area contributed by atoms with Crippen molar-refractivity contribution in [2.24, 2.45) is 7.05 Å². The number of esters is 1. The van der Waals surface area contributed by atoms with E-state index in [1.807, 2.05) is 18.1 Å². The third-order valence-electron chi connectivity index (χ3n) is 5.53. The van der Waals surface area contributed by atoms with Gasteiger partial charge in [0.15, 0.2) is 0 Å². The van der Waals surface area contributed by atoms with Gasteiger partial charge in [-0.25, -0.2) is 14.2 Å². The van der Waals surface area contributed by atoms with Crippen LogP contribution in [0.1, 0.15) is 28.8 Å². The third-order valence-corrected chi connectivity index (χ3v) is 5.53.